The van der Waals surface area contributed by atoms with E-state index in [9.17, 15) is 18.4 Å². The zero-order valence-electron chi connectivity index (χ0n) is 18.0. The van der Waals surface area contributed by atoms with Crippen LogP contribution in [-0.2, 0) is 6.54 Å². The summed E-state index contributed by atoms with van der Waals surface area (Å²) in [7, 11) is 0. The molecule has 0 bridgehead atoms. The molecule has 1 aliphatic rings. The number of alkyl halides is 2. The molecule has 0 aliphatic carbocycles. The molecule has 4 heterocycles. The Bertz CT molecular complexity index is 1190. The van der Waals surface area contributed by atoms with Gasteiger partial charge in [0, 0.05) is 41.5 Å². The van der Waals surface area contributed by atoms with E-state index in [1.54, 1.807) is 42.3 Å². The first-order chi connectivity index (χ1) is 15.8. The summed E-state index contributed by atoms with van der Waals surface area (Å²) in [6.45, 7) is 3.07. The van der Waals surface area contributed by atoms with Crippen LogP contribution in [0.15, 0.2) is 49.1 Å². The third-order valence-corrected chi connectivity index (χ3v) is 5.38. The van der Waals surface area contributed by atoms with Crippen LogP contribution in [0.2, 0.25) is 0 Å². The first-order valence-corrected chi connectivity index (χ1v) is 10.2. The molecule has 3 aromatic rings. The van der Waals surface area contributed by atoms with Crippen molar-refractivity contribution in [3.05, 3.63) is 76.9 Å². The Balaban J connectivity index is 1.53. The van der Waals surface area contributed by atoms with Gasteiger partial charge in [0.2, 0.25) is 5.88 Å². The molecule has 8 nitrogen and oxygen atoms in total. The van der Waals surface area contributed by atoms with E-state index in [1.807, 2.05) is 6.92 Å². The van der Waals surface area contributed by atoms with Gasteiger partial charge in [-0.15, -0.1) is 0 Å². The van der Waals surface area contributed by atoms with Gasteiger partial charge in [0.05, 0.1) is 18.2 Å². The van der Waals surface area contributed by atoms with Crippen molar-refractivity contribution in [3.8, 4) is 5.88 Å². The average molecular weight is 453 g/mol. The number of pyridine rings is 3. The van der Waals surface area contributed by atoms with Gasteiger partial charge in [0.15, 0.2) is 6.61 Å². The summed E-state index contributed by atoms with van der Waals surface area (Å²) < 4.78 is 29.9. The number of amides is 2. The van der Waals surface area contributed by atoms with Crippen molar-refractivity contribution in [1.29, 1.82) is 0 Å². The van der Waals surface area contributed by atoms with Gasteiger partial charge >= 0.3 is 0 Å². The highest BCUT2D eigenvalue weighted by Crippen LogP contribution is 2.34. The topological polar surface area (TPSA) is 97.3 Å². The molecule has 1 atom stereocenters. The highest BCUT2D eigenvalue weighted by molar-refractivity contribution is 6.06. The van der Waals surface area contributed by atoms with Gasteiger partial charge in [-0.25, -0.2) is 18.7 Å². The van der Waals surface area contributed by atoms with Crippen molar-refractivity contribution < 1.29 is 23.1 Å². The molecule has 0 radical (unpaired) electrons. The largest absolute Gasteiger partial charge is 0.471 e. The number of halogens is 2. The third-order valence-electron chi connectivity index (χ3n) is 5.38. The summed E-state index contributed by atoms with van der Waals surface area (Å²) in [6, 6.07) is 6.31. The highest BCUT2D eigenvalue weighted by atomic mass is 19.3. The molecule has 3 aromatic heterocycles. The predicted molar refractivity (Wildman–Crippen MR) is 115 cm³/mol. The molecule has 0 aromatic carbocycles. The number of anilines is 1. The summed E-state index contributed by atoms with van der Waals surface area (Å²) in [5.74, 6) is -0.129. The number of hydrogen-bond acceptors (Lipinski definition) is 6. The molecule has 1 N–H and O–H groups in total. The first-order valence-electron chi connectivity index (χ1n) is 10.2. The zero-order valence-corrected chi connectivity index (χ0v) is 18.0. The fourth-order valence-electron chi connectivity index (χ4n) is 3.63. The molecule has 4 rings (SSSR count). The van der Waals surface area contributed by atoms with Gasteiger partial charge in [-0.3, -0.25) is 14.6 Å². The fraction of sp³-hybridized carbons (Fsp3) is 0.261. The first kappa shape index (κ1) is 22.3. The molecule has 10 heteroatoms. The summed E-state index contributed by atoms with van der Waals surface area (Å²) in [6.07, 6.45) is 3.42. The number of nitrogens with one attached hydrogen (secondary N) is 1. The number of nitrogens with zero attached hydrogens (tertiary/aromatic N) is 4. The van der Waals surface area contributed by atoms with Gasteiger partial charge < -0.3 is 15.0 Å². The maximum absolute atomic E-state index is 13.1. The SMILES string of the molecule is Cc1cc(C(C)N2Cc3c(ccnc3NC(=O)c3cccnc3)C2=O)cnc1OCC(F)F. The van der Waals surface area contributed by atoms with Gasteiger partial charge in [0.25, 0.3) is 18.2 Å². The number of rotatable bonds is 7. The Morgan fingerprint density at radius 2 is 2.06 bits per heavy atom. The van der Waals surface area contributed by atoms with Crippen LogP contribution in [0.3, 0.4) is 0 Å². The van der Waals surface area contributed by atoms with E-state index in [4.69, 9.17) is 4.74 Å². The minimum absolute atomic E-state index is 0.131. The number of hydrogen-bond donors (Lipinski definition) is 1. The van der Waals surface area contributed by atoms with Crippen molar-refractivity contribution in [2.24, 2.45) is 0 Å². The molecule has 170 valence electrons. The summed E-state index contributed by atoms with van der Waals surface area (Å²) in [4.78, 5) is 39.6. The number of carbonyl (C=O) groups is 2. The van der Waals surface area contributed by atoms with Gasteiger partial charge in [-0.1, -0.05) is 0 Å². The second kappa shape index (κ2) is 9.27. The molecular formula is C23H21F2N5O3. The average Bonchev–Trinajstić information content (AvgIpc) is 3.15. The number of ether oxygens (including phenoxy) is 1. The second-order valence-corrected chi connectivity index (χ2v) is 7.58. The van der Waals surface area contributed by atoms with Crippen LogP contribution in [0.4, 0.5) is 14.6 Å². The summed E-state index contributed by atoms with van der Waals surface area (Å²) in [5, 5.41) is 2.76. The van der Waals surface area contributed by atoms with Crippen molar-refractivity contribution in [2.75, 3.05) is 11.9 Å². The molecule has 2 amide bonds. The van der Waals surface area contributed by atoms with Gasteiger partial charge in [-0.05, 0) is 43.7 Å². The predicted octanol–water partition coefficient (Wildman–Crippen LogP) is 3.79. The summed E-state index contributed by atoms with van der Waals surface area (Å²) in [5.41, 5.74) is 2.78. The van der Waals surface area contributed by atoms with Crippen molar-refractivity contribution in [3.63, 3.8) is 0 Å². The van der Waals surface area contributed by atoms with E-state index in [2.05, 4.69) is 20.3 Å². The molecule has 33 heavy (non-hydrogen) atoms. The Labute approximate surface area is 188 Å². The zero-order chi connectivity index (χ0) is 23.5. The lowest BCUT2D eigenvalue weighted by molar-refractivity contribution is 0.0713. The van der Waals surface area contributed by atoms with Crippen LogP contribution in [0, 0.1) is 6.92 Å². The smallest absolute Gasteiger partial charge is 0.272 e. The van der Waals surface area contributed by atoms with Crippen molar-refractivity contribution >= 4 is 17.6 Å². The second-order valence-electron chi connectivity index (χ2n) is 7.58. The number of fused-ring (bicyclic) bond motifs is 1. The maximum Gasteiger partial charge on any atom is 0.272 e. The van der Waals surface area contributed by atoms with Crippen LogP contribution in [0.5, 0.6) is 5.88 Å². The Morgan fingerprint density at radius 1 is 1.24 bits per heavy atom. The van der Waals surface area contributed by atoms with Gasteiger partial charge in [-0.2, -0.15) is 0 Å². The Morgan fingerprint density at radius 3 is 2.76 bits per heavy atom. The van der Waals surface area contributed by atoms with Crippen LogP contribution in [-0.4, -0.2) is 44.7 Å². The fourth-order valence-corrected chi connectivity index (χ4v) is 3.63. The maximum atomic E-state index is 13.1. The van der Waals surface area contributed by atoms with E-state index >= 15 is 0 Å². The van der Waals surface area contributed by atoms with E-state index in [0.29, 0.717) is 28.1 Å². The van der Waals surface area contributed by atoms with Gasteiger partial charge in [0.1, 0.15) is 5.82 Å². The minimum atomic E-state index is -2.59. The summed E-state index contributed by atoms with van der Waals surface area (Å²) >= 11 is 0. The molecule has 0 saturated heterocycles. The Hall–Kier alpha value is -3.95. The van der Waals surface area contributed by atoms with Crippen LogP contribution in [0.1, 0.15) is 50.4 Å². The number of carbonyl (C=O) groups excluding carboxylic acids is 2. The molecule has 1 unspecified atom stereocenters. The lowest BCUT2D eigenvalue weighted by Gasteiger charge is -2.25. The number of aryl methyl sites for hydroxylation is 1. The van der Waals surface area contributed by atoms with Crippen LogP contribution < -0.4 is 10.1 Å². The highest BCUT2D eigenvalue weighted by Gasteiger charge is 2.34. The van der Waals surface area contributed by atoms with E-state index in [1.165, 1.54) is 18.6 Å². The van der Waals surface area contributed by atoms with Crippen LogP contribution in [0.25, 0.3) is 0 Å². The third kappa shape index (κ3) is 4.64. The lowest BCUT2D eigenvalue weighted by atomic mass is 10.1. The minimum Gasteiger partial charge on any atom is -0.471 e. The van der Waals surface area contributed by atoms with Crippen molar-refractivity contribution in [2.45, 2.75) is 32.9 Å². The van der Waals surface area contributed by atoms with E-state index in [0.717, 1.165) is 5.56 Å². The molecule has 0 spiro atoms. The van der Waals surface area contributed by atoms with E-state index < -0.39 is 13.0 Å². The number of aromatic nitrogens is 3. The standard InChI is InChI=1S/C23H21F2N5O3/c1-13-8-16(10-28-22(13)33-12-19(24)25)14(2)30-11-18-17(23(30)32)5-7-27-20(18)29-21(31)15-4-3-6-26-9-15/h3-10,14,19H,11-12H2,1-2H3,(H,27,29,31). The quantitative estimate of drug-likeness (QED) is 0.585. The molecule has 0 fully saturated rings. The molecule has 1 aliphatic heterocycles. The Kier molecular flexibility index (Phi) is 6.25. The lowest BCUT2D eigenvalue weighted by Crippen LogP contribution is -2.27. The monoisotopic (exact) mass is 453 g/mol. The van der Waals surface area contributed by atoms with E-state index in [-0.39, 0.29) is 30.3 Å². The van der Waals surface area contributed by atoms with Crippen LogP contribution >= 0.6 is 0 Å². The van der Waals surface area contributed by atoms with Crippen molar-refractivity contribution in [1.82, 2.24) is 19.9 Å². The normalized spacial score (nSPS) is 13.7. The molecular weight excluding hydrogens is 432 g/mol. The molecule has 0 saturated carbocycles.